The number of hydrogen-bond donors (Lipinski definition) is 1. The molecule has 2 heterocycles. The highest BCUT2D eigenvalue weighted by Gasteiger charge is 2.15. The fourth-order valence-electron chi connectivity index (χ4n) is 3.22. The normalized spacial score (nSPS) is 11.7. The zero-order chi connectivity index (χ0) is 22.1. The average molecular weight is 475 g/mol. The van der Waals surface area contributed by atoms with Crippen LogP contribution >= 0.6 is 34.7 Å². The van der Waals surface area contributed by atoms with Crippen molar-refractivity contribution in [2.24, 2.45) is 0 Å². The molecule has 7 heteroatoms. The molecule has 0 aliphatic rings. The number of thioether (sulfide) groups is 1. The fraction of sp³-hybridized carbons (Fsp3) is 0.333. The van der Waals surface area contributed by atoms with Crippen LogP contribution in [0.15, 0.2) is 58.7 Å². The Balaban J connectivity index is 1.88. The van der Waals surface area contributed by atoms with Gasteiger partial charge in [-0.2, -0.15) is 0 Å². The summed E-state index contributed by atoms with van der Waals surface area (Å²) < 4.78 is 2.07. The van der Waals surface area contributed by atoms with Crippen molar-refractivity contribution in [3.05, 3.63) is 74.7 Å². The van der Waals surface area contributed by atoms with Crippen LogP contribution in [-0.4, -0.2) is 26.4 Å². The highest BCUT2D eigenvalue weighted by molar-refractivity contribution is 7.99. The topological polar surface area (TPSA) is 55.1 Å². The summed E-state index contributed by atoms with van der Waals surface area (Å²) in [6.07, 6.45) is 8.71. The number of hydrogen-bond acceptors (Lipinski definition) is 4. The molecular weight excluding hydrogens is 448 g/mol. The number of halogens is 1. The molecule has 1 N–H and O–H groups in total. The number of unbranched alkanes of at least 4 members (excludes halogenated alkanes) is 3. The van der Waals surface area contributed by atoms with Gasteiger partial charge in [0.25, 0.3) is 0 Å². The summed E-state index contributed by atoms with van der Waals surface area (Å²) >= 11 is 9.69. The van der Waals surface area contributed by atoms with Crippen LogP contribution in [0, 0.1) is 0 Å². The van der Waals surface area contributed by atoms with E-state index in [4.69, 9.17) is 11.6 Å². The van der Waals surface area contributed by atoms with E-state index in [2.05, 4.69) is 16.5 Å². The number of rotatable bonds is 12. The molecule has 0 aliphatic carbocycles. The minimum Gasteiger partial charge on any atom is -0.478 e. The Morgan fingerprint density at radius 2 is 2.06 bits per heavy atom. The lowest BCUT2D eigenvalue weighted by Gasteiger charge is -2.12. The molecule has 0 saturated carbocycles. The second-order valence-electron chi connectivity index (χ2n) is 7.28. The van der Waals surface area contributed by atoms with Gasteiger partial charge in [0.1, 0.15) is 0 Å². The number of nitrogens with zero attached hydrogens (tertiary/aromatic N) is 2. The lowest BCUT2D eigenvalue weighted by Crippen LogP contribution is -2.07. The summed E-state index contributed by atoms with van der Waals surface area (Å²) in [4.78, 5) is 17.6. The molecule has 4 nitrogen and oxygen atoms in total. The largest absolute Gasteiger partial charge is 0.478 e. The van der Waals surface area contributed by atoms with E-state index in [1.54, 1.807) is 35.4 Å². The van der Waals surface area contributed by atoms with Gasteiger partial charge in [0, 0.05) is 27.6 Å². The van der Waals surface area contributed by atoms with E-state index >= 15 is 0 Å². The van der Waals surface area contributed by atoms with E-state index in [1.807, 2.05) is 41.8 Å². The molecule has 164 valence electrons. The zero-order valence-corrected chi connectivity index (χ0v) is 20.0. The molecular formula is C24H27ClN2O2S2. The van der Waals surface area contributed by atoms with Crippen molar-refractivity contribution in [2.45, 2.75) is 50.7 Å². The molecule has 3 rings (SSSR count). The predicted octanol–water partition coefficient (Wildman–Crippen LogP) is 7.03. The Kier molecular flexibility index (Phi) is 9.25. The highest BCUT2D eigenvalue weighted by atomic mass is 35.5. The van der Waals surface area contributed by atoms with Gasteiger partial charge >= 0.3 is 5.97 Å². The van der Waals surface area contributed by atoms with E-state index in [-0.39, 0.29) is 0 Å². The van der Waals surface area contributed by atoms with Crippen molar-refractivity contribution < 1.29 is 9.90 Å². The zero-order valence-electron chi connectivity index (χ0n) is 17.6. The van der Waals surface area contributed by atoms with Gasteiger partial charge in [-0.15, -0.1) is 11.3 Å². The molecule has 2 aromatic heterocycles. The fourth-order valence-corrected chi connectivity index (χ4v) is 5.12. The Bertz CT molecular complexity index is 1010. The number of imidazole rings is 1. The third-order valence-corrected chi connectivity index (χ3v) is 7.23. The summed E-state index contributed by atoms with van der Waals surface area (Å²) in [5, 5.41) is 13.3. The Morgan fingerprint density at radius 1 is 1.23 bits per heavy atom. The van der Waals surface area contributed by atoms with Crippen LogP contribution in [0.3, 0.4) is 0 Å². The Labute approximate surface area is 197 Å². The summed E-state index contributed by atoms with van der Waals surface area (Å²) in [6.45, 7) is 2.76. The second-order valence-corrected chi connectivity index (χ2v) is 9.78. The standard InChI is InChI=1S/C24H27ClN2O2S2/c1-2-3-4-7-12-31-24-26-16-20(27(24)17-18-9-5-6-11-22(18)25)14-19(23(28)29)15-21-10-8-13-30-21/h5-6,8-11,13-14,16H,2-4,7,12,15,17H2,1H3,(H,28,29)/b19-14+. The Hall–Kier alpha value is -2.02. The maximum atomic E-state index is 11.9. The quantitative estimate of drug-likeness (QED) is 0.174. The first-order valence-corrected chi connectivity index (χ1v) is 12.7. The maximum Gasteiger partial charge on any atom is 0.332 e. The smallest absolute Gasteiger partial charge is 0.332 e. The monoisotopic (exact) mass is 474 g/mol. The summed E-state index contributed by atoms with van der Waals surface area (Å²) in [5.74, 6) is 0.0802. The van der Waals surface area contributed by atoms with Crippen molar-refractivity contribution in [1.29, 1.82) is 0 Å². The minimum absolute atomic E-state index is 0.349. The van der Waals surface area contributed by atoms with Gasteiger partial charge in [-0.25, -0.2) is 9.78 Å². The molecule has 0 amide bonds. The Morgan fingerprint density at radius 3 is 2.77 bits per heavy atom. The molecule has 3 aromatic rings. The van der Waals surface area contributed by atoms with Crippen LogP contribution in [0.5, 0.6) is 0 Å². The molecule has 31 heavy (non-hydrogen) atoms. The number of benzene rings is 1. The third kappa shape index (κ3) is 6.99. The lowest BCUT2D eigenvalue weighted by atomic mass is 10.1. The van der Waals surface area contributed by atoms with Gasteiger partial charge in [-0.1, -0.05) is 73.8 Å². The molecule has 0 fully saturated rings. The number of aliphatic carboxylic acids is 1. The number of carbonyl (C=O) groups is 1. The highest BCUT2D eigenvalue weighted by Crippen LogP contribution is 2.26. The first-order chi connectivity index (χ1) is 15.1. The van der Waals surface area contributed by atoms with Crippen LogP contribution in [0.25, 0.3) is 6.08 Å². The van der Waals surface area contributed by atoms with E-state index in [0.717, 1.165) is 33.5 Å². The van der Waals surface area contributed by atoms with E-state index in [1.165, 1.54) is 19.3 Å². The number of aromatic nitrogens is 2. The average Bonchev–Trinajstić information content (AvgIpc) is 3.40. The van der Waals surface area contributed by atoms with Crippen molar-refractivity contribution in [3.63, 3.8) is 0 Å². The number of carboxylic acids is 1. The molecule has 0 spiro atoms. The van der Waals surface area contributed by atoms with Crippen molar-refractivity contribution in [1.82, 2.24) is 9.55 Å². The van der Waals surface area contributed by atoms with Crippen LogP contribution in [0.1, 0.15) is 48.7 Å². The molecule has 1 aromatic carbocycles. The third-order valence-electron chi connectivity index (χ3n) is 4.91. The van der Waals surface area contributed by atoms with Crippen molar-refractivity contribution >= 4 is 46.7 Å². The van der Waals surface area contributed by atoms with E-state index < -0.39 is 5.97 Å². The minimum atomic E-state index is -0.910. The molecule has 0 radical (unpaired) electrons. The van der Waals surface area contributed by atoms with E-state index in [9.17, 15) is 9.90 Å². The van der Waals surface area contributed by atoms with Gasteiger partial charge in [-0.3, -0.25) is 0 Å². The van der Waals surface area contributed by atoms with Crippen molar-refractivity contribution in [2.75, 3.05) is 5.75 Å². The van der Waals surface area contributed by atoms with E-state index in [0.29, 0.717) is 23.6 Å². The first-order valence-electron chi connectivity index (χ1n) is 10.5. The molecule has 0 saturated heterocycles. The molecule has 0 aliphatic heterocycles. The summed E-state index contributed by atoms with van der Waals surface area (Å²) in [6, 6.07) is 11.6. The first kappa shape index (κ1) is 23.6. The van der Waals surface area contributed by atoms with Gasteiger partial charge in [0.2, 0.25) is 0 Å². The second kappa shape index (κ2) is 12.1. The van der Waals surface area contributed by atoms with Crippen LogP contribution in [0.4, 0.5) is 0 Å². The van der Waals surface area contributed by atoms with Crippen LogP contribution in [-0.2, 0) is 17.8 Å². The molecule has 0 unspecified atom stereocenters. The SMILES string of the molecule is CCCCCCSc1ncc(/C=C(\Cc2cccs2)C(=O)O)n1Cc1ccccc1Cl. The van der Waals surface area contributed by atoms with Gasteiger partial charge in [0.15, 0.2) is 5.16 Å². The maximum absolute atomic E-state index is 11.9. The van der Waals surface area contributed by atoms with Gasteiger partial charge in [0.05, 0.1) is 18.4 Å². The van der Waals surface area contributed by atoms with Crippen molar-refractivity contribution in [3.8, 4) is 0 Å². The van der Waals surface area contributed by atoms with Gasteiger partial charge < -0.3 is 9.67 Å². The lowest BCUT2D eigenvalue weighted by molar-refractivity contribution is -0.132. The summed E-state index contributed by atoms with van der Waals surface area (Å²) in [5.41, 5.74) is 2.12. The molecule has 0 atom stereocenters. The van der Waals surface area contributed by atoms with Gasteiger partial charge in [-0.05, 0) is 35.6 Å². The molecule has 0 bridgehead atoms. The predicted molar refractivity (Wildman–Crippen MR) is 131 cm³/mol. The van der Waals surface area contributed by atoms with Crippen LogP contribution in [0.2, 0.25) is 5.02 Å². The number of carboxylic acid groups (broad SMARTS) is 1. The number of thiophene rings is 1. The summed E-state index contributed by atoms with van der Waals surface area (Å²) in [7, 11) is 0. The van der Waals surface area contributed by atoms with Crippen LogP contribution < -0.4 is 0 Å².